The molecule has 1 aliphatic heterocycles. The van der Waals surface area contributed by atoms with Crippen LogP contribution in [-0.4, -0.2) is 79.1 Å². The predicted octanol–water partition coefficient (Wildman–Crippen LogP) is 0.724. The van der Waals surface area contributed by atoms with Crippen LogP contribution < -0.4 is 25.0 Å². The molecule has 1 aliphatic rings. The van der Waals surface area contributed by atoms with E-state index in [0.29, 0.717) is 30.2 Å². The van der Waals surface area contributed by atoms with Crippen molar-refractivity contribution in [2.75, 3.05) is 63.6 Å². The van der Waals surface area contributed by atoms with Gasteiger partial charge in [-0.3, -0.25) is 14.3 Å². The van der Waals surface area contributed by atoms with Crippen molar-refractivity contribution in [1.29, 1.82) is 0 Å². The van der Waals surface area contributed by atoms with Crippen LogP contribution in [-0.2, 0) is 14.8 Å². The van der Waals surface area contributed by atoms with Gasteiger partial charge in [0.05, 0.1) is 29.9 Å². The van der Waals surface area contributed by atoms with E-state index < -0.39 is 15.9 Å². The van der Waals surface area contributed by atoms with Crippen molar-refractivity contribution in [1.82, 2.24) is 15.5 Å². The number of nitrogens with zero attached hydrogens (tertiary/aromatic N) is 2. The Kier molecular flexibility index (Phi) is 7.77. The number of amides is 2. The number of hydrogen-bond acceptors (Lipinski definition) is 7. The molecular weight excluding hydrogens is 446 g/mol. The molecule has 0 aromatic heterocycles. The zero-order valence-electron chi connectivity index (χ0n) is 18.9. The van der Waals surface area contributed by atoms with Gasteiger partial charge in [0, 0.05) is 45.8 Å². The van der Waals surface area contributed by atoms with Gasteiger partial charge < -0.3 is 25.2 Å². The summed E-state index contributed by atoms with van der Waals surface area (Å²) in [4.78, 5) is 27.9. The zero-order valence-corrected chi connectivity index (χ0v) is 19.7. The Labute approximate surface area is 193 Å². The minimum absolute atomic E-state index is 0.0722. The van der Waals surface area contributed by atoms with Gasteiger partial charge >= 0.3 is 0 Å². The van der Waals surface area contributed by atoms with Gasteiger partial charge in [0.25, 0.3) is 15.9 Å². The molecule has 178 valence electrons. The third-order valence-corrected chi connectivity index (χ3v) is 6.70. The Balaban J connectivity index is 1.95. The van der Waals surface area contributed by atoms with Crippen molar-refractivity contribution in [2.24, 2.45) is 0 Å². The summed E-state index contributed by atoms with van der Waals surface area (Å²) < 4.78 is 34.0. The van der Waals surface area contributed by atoms with Gasteiger partial charge in [0.2, 0.25) is 5.91 Å². The summed E-state index contributed by atoms with van der Waals surface area (Å²) >= 11 is 0. The van der Waals surface area contributed by atoms with E-state index in [1.54, 1.807) is 24.3 Å². The molecule has 0 unspecified atom stereocenters. The number of ether oxygens (including phenoxy) is 1. The molecule has 1 fully saturated rings. The number of carbonyl (C=O) groups excluding carboxylic acids is 2. The van der Waals surface area contributed by atoms with Crippen molar-refractivity contribution in [3.05, 3.63) is 48.0 Å². The molecule has 3 N–H and O–H groups in total. The quantitative estimate of drug-likeness (QED) is 0.515. The first-order valence-corrected chi connectivity index (χ1v) is 12.0. The van der Waals surface area contributed by atoms with Crippen LogP contribution in [0.25, 0.3) is 0 Å². The van der Waals surface area contributed by atoms with Crippen molar-refractivity contribution >= 4 is 33.2 Å². The molecule has 0 aliphatic carbocycles. The number of carbonyl (C=O) groups is 2. The standard InChI is InChI=1S/C22H29N5O5S/c1-23-21(28)15-26(2)22(29)16-4-9-20(27-12-10-24-11-13-27)19(14-16)25-33(30,31)18-7-5-17(32-3)6-8-18/h4-9,14,24-25H,10-13,15H2,1-3H3,(H,23,28). The number of benzene rings is 2. The van der Waals surface area contributed by atoms with Crippen molar-refractivity contribution in [3.63, 3.8) is 0 Å². The molecule has 33 heavy (non-hydrogen) atoms. The highest BCUT2D eigenvalue weighted by atomic mass is 32.2. The van der Waals surface area contributed by atoms with Crippen LogP contribution in [0.5, 0.6) is 5.75 Å². The molecule has 11 heteroatoms. The molecular formula is C22H29N5O5S. The maximum atomic E-state index is 13.1. The fourth-order valence-corrected chi connectivity index (χ4v) is 4.54. The smallest absolute Gasteiger partial charge is 0.261 e. The molecule has 1 saturated heterocycles. The molecule has 2 aromatic carbocycles. The van der Waals surface area contributed by atoms with Crippen LogP contribution >= 0.6 is 0 Å². The summed E-state index contributed by atoms with van der Waals surface area (Å²) in [5.74, 6) is -0.152. The Morgan fingerprint density at radius 3 is 2.39 bits per heavy atom. The van der Waals surface area contributed by atoms with Crippen molar-refractivity contribution < 1.29 is 22.7 Å². The number of sulfonamides is 1. The average Bonchev–Trinajstić information content (AvgIpc) is 2.83. The molecule has 0 radical (unpaired) electrons. The van der Waals surface area contributed by atoms with Crippen molar-refractivity contribution in [2.45, 2.75) is 4.90 Å². The lowest BCUT2D eigenvalue weighted by Gasteiger charge is -2.31. The molecule has 2 amide bonds. The highest BCUT2D eigenvalue weighted by molar-refractivity contribution is 7.92. The molecule has 0 atom stereocenters. The van der Waals surface area contributed by atoms with Gasteiger partial charge in [-0.25, -0.2) is 8.42 Å². The lowest BCUT2D eigenvalue weighted by molar-refractivity contribution is -0.121. The van der Waals surface area contributed by atoms with Gasteiger partial charge in [-0.1, -0.05) is 0 Å². The highest BCUT2D eigenvalue weighted by Crippen LogP contribution is 2.30. The monoisotopic (exact) mass is 475 g/mol. The van der Waals surface area contributed by atoms with E-state index in [9.17, 15) is 18.0 Å². The van der Waals surface area contributed by atoms with Gasteiger partial charge in [0.1, 0.15) is 5.75 Å². The Bertz CT molecular complexity index is 1100. The van der Waals surface area contributed by atoms with E-state index in [-0.39, 0.29) is 22.9 Å². The van der Waals surface area contributed by atoms with Crippen LogP contribution in [0.4, 0.5) is 11.4 Å². The SMILES string of the molecule is CNC(=O)CN(C)C(=O)c1ccc(N2CCNCC2)c(NS(=O)(=O)c2ccc(OC)cc2)c1. The summed E-state index contributed by atoms with van der Waals surface area (Å²) in [5.41, 5.74) is 1.25. The molecule has 1 heterocycles. The van der Waals surface area contributed by atoms with E-state index >= 15 is 0 Å². The number of nitrogens with one attached hydrogen (secondary N) is 3. The topological polar surface area (TPSA) is 120 Å². The molecule has 3 rings (SSSR count). The maximum absolute atomic E-state index is 13.1. The first-order valence-electron chi connectivity index (χ1n) is 10.5. The average molecular weight is 476 g/mol. The molecule has 2 aromatic rings. The first kappa shape index (κ1) is 24.3. The summed E-state index contributed by atoms with van der Waals surface area (Å²) in [6.07, 6.45) is 0. The Morgan fingerprint density at radius 1 is 1.12 bits per heavy atom. The fourth-order valence-electron chi connectivity index (χ4n) is 3.48. The van der Waals surface area contributed by atoms with E-state index in [1.807, 2.05) is 0 Å². The first-order chi connectivity index (χ1) is 15.7. The number of hydrogen-bond donors (Lipinski definition) is 3. The number of methoxy groups -OCH3 is 1. The minimum atomic E-state index is -3.92. The number of rotatable bonds is 8. The number of piperazine rings is 1. The van der Waals surface area contributed by atoms with Gasteiger partial charge in [0.15, 0.2) is 0 Å². The maximum Gasteiger partial charge on any atom is 0.261 e. The second-order valence-electron chi connectivity index (χ2n) is 7.58. The van der Waals surface area contributed by atoms with Crippen LogP contribution in [0.15, 0.2) is 47.4 Å². The summed E-state index contributed by atoms with van der Waals surface area (Å²) in [5, 5.41) is 5.74. The Hall–Kier alpha value is -3.31. The predicted molar refractivity (Wildman–Crippen MR) is 126 cm³/mol. The fraction of sp³-hybridized carbons (Fsp3) is 0.364. The third-order valence-electron chi connectivity index (χ3n) is 5.32. The van der Waals surface area contributed by atoms with Crippen LogP contribution in [0.3, 0.4) is 0 Å². The molecule has 0 bridgehead atoms. The summed E-state index contributed by atoms with van der Waals surface area (Å²) in [6, 6.07) is 10.9. The largest absolute Gasteiger partial charge is 0.497 e. The Morgan fingerprint density at radius 2 is 1.79 bits per heavy atom. The number of anilines is 2. The lowest BCUT2D eigenvalue weighted by atomic mass is 10.1. The van der Waals surface area contributed by atoms with Crippen LogP contribution in [0, 0.1) is 0 Å². The minimum Gasteiger partial charge on any atom is -0.497 e. The second-order valence-corrected chi connectivity index (χ2v) is 9.27. The van der Waals surface area contributed by atoms with E-state index in [0.717, 1.165) is 13.1 Å². The zero-order chi connectivity index (χ0) is 24.0. The summed E-state index contributed by atoms with van der Waals surface area (Å²) in [7, 11) is 0.595. The third kappa shape index (κ3) is 5.93. The van der Waals surface area contributed by atoms with E-state index in [1.165, 1.54) is 44.3 Å². The molecule has 0 spiro atoms. The van der Waals surface area contributed by atoms with Crippen LogP contribution in [0.2, 0.25) is 0 Å². The second kappa shape index (κ2) is 10.5. The van der Waals surface area contributed by atoms with Gasteiger partial charge in [-0.05, 0) is 42.5 Å². The van der Waals surface area contributed by atoms with Gasteiger partial charge in [-0.2, -0.15) is 0 Å². The number of likely N-dealkylation sites (N-methyl/N-ethyl adjacent to an activating group) is 2. The normalized spacial score (nSPS) is 13.8. The van der Waals surface area contributed by atoms with Crippen LogP contribution in [0.1, 0.15) is 10.4 Å². The summed E-state index contributed by atoms with van der Waals surface area (Å²) in [6.45, 7) is 2.81. The highest BCUT2D eigenvalue weighted by Gasteiger charge is 2.23. The van der Waals surface area contributed by atoms with Gasteiger partial charge in [-0.15, -0.1) is 0 Å². The van der Waals surface area contributed by atoms with E-state index in [2.05, 4.69) is 20.3 Å². The molecule has 0 saturated carbocycles. The molecule has 10 nitrogen and oxygen atoms in total. The van der Waals surface area contributed by atoms with E-state index in [4.69, 9.17) is 4.74 Å². The lowest BCUT2D eigenvalue weighted by Crippen LogP contribution is -2.44. The van der Waals surface area contributed by atoms with Crippen molar-refractivity contribution in [3.8, 4) is 5.75 Å².